The van der Waals surface area contributed by atoms with Crippen LogP contribution in [0.25, 0.3) is 0 Å². The average Bonchev–Trinajstić information content (AvgIpc) is 2.20. The van der Waals surface area contributed by atoms with Gasteiger partial charge in [-0.3, -0.25) is 0 Å². The fraction of sp³-hybridized carbons (Fsp3) is 0.556. The zero-order valence-electron chi connectivity index (χ0n) is 9.66. The summed E-state index contributed by atoms with van der Waals surface area (Å²) in [6.45, 7) is 8.08. The molecule has 0 aliphatic carbocycles. The van der Waals surface area contributed by atoms with Crippen molar-refractivity contribution in [1.82, 2.24) is 9.97 Å². The van der Waals surface area contributed by atoms with E-state index < -0.39 is 0 Å². The van der Waals surface area contributed by atoms with Gasteiger partial charge in [0.2, 0.25) is 5.82 Å². The van der Waals surface area contributed by atoms with Gasteiger partial charge >= 0.3 is 0 Å². The Bertz CT molecular complexity index is 348. The molecule has 0 aliphatic heterocycles. The molecular formula is C9H19N4PS. The largest absolute Gasteiger partial charge is 0.345 e. The Balaban J connectivity index is 0. The molecule has 0 bridgehead atoms. The Hall–Kier alpha value is -0.670. The number of nitrogens with zero attached hydrogens (tertiary/aromatic N) is 2. The normalized spacial score (nSPS) is 8.60. The molecule has 0 spiro atoms. The molecule has 0 radical (unpaired) electrons. The number of rotatable bonds is 2. The molecule has 6 heteroatoms. The topological polar surface area (TPSA) is 64.9 Å². The molecule has 1 unspecified atom stereocenters. The Labute approximate surface area is 99.0 Å². The molecule has 86 valence electrons. The number of H-pyrrole nitrogens is 1. The van der Waals surface area contributed by atoms with Crippen LogP contribution >= 0.6 is 22.1 Å². The summed E-state index contributed by atoms with van der Waals surface area (Å²) in [5.41, 5.74) is 7.70. The smallest absolute Gasteiger partial charge is 0.208 e. The van der Waals surface area contributed by atoms with Crippen LogP contribution in [0.1, 0.15) is 39.3 Å². The molecule has 2 N–H and O–H groups in total. The van der Waals surface area contributed by atoms with Crippen molar-refractivity contribution in [3.63, 3.8) is 0 Å². The van der Waals surface area contributed by atoms with E-state index in [0.29, 0.717) is 10.6 Å². The molecule has 0 aliphatic rings. The molecule has 0 saturated heterocycles. The fourth-order valence-corrected chi connectivity index (χ4v) is 0.998. The van der Waals surface area contributed by atoms with E-state index in [1.165, 1.54) is 0 Å². The van der Waals surface area contributed by atoms with Crippen molar-refractivity contribution in [2.45, 2.75) is 33.6 Å². The molecule has 4 nitrogen and oxygen atoms in total. The van der Waals surface area contributed by atoms with Crippen LogP contribution < -0.4 is 0 Å². The second-order valence-electron chi connectivity index (χ2n) is 2.76. The maximum Gasteiger partial charge on any atom is 0.208 e. The Kier molecular flexibility index (Phi) is 9.63. The average molecular weight is 246 g/mol. The lowest BCUT2D eigenvalue weighted by atomic mass is 10.1. The first-order chi connectivity index (χ1) is 6.65. The van der Waals surface area contributed by atoms with Crippen LogP contribution in [-0.2, 0) is 0 Å². The van der Waals surface area contributed by atoms with Gasteiger partial charge < -0.3 is 4.98 Å². The molecule has 1 aromatic rings. The predicted octanol–water partition coefficient (Wildman–Crippen LogP) is 4.01. The first kappa shape index (κ1) is 16.7. The van der Waals surface area contributed by atoms with Crippen molar-refractivity contribution in [3.8, 4) is 0 Å². The highest BCUT2D eigenvalue weighted by Crippen LogP contribution is 2.13. The van der Waals surface area contributed by atoms with E-state index in [4.69, 9.17) is 17.7 Å². The highest BCUT2D eigenvalue weighted by atomic mass is 32.1. The van der Waals surface area contributed by atoms with Gasteiger partial charge in [-0.2, -0.15) is 9.90 Å². The summed E-state index contributed by atoms with van der Waals surface area (Å²) in [7, 11) is 0. The van der Waals surface area contributed by atoms with Crippen molar-refractivity contribution in [2.24, 2.45) is 5.11 Å². The van der Waals surface area contributed by atoms with Gasteiger partial charge in [0, 0.05) is 11.9 Å². The van der Waals surface area contributed by atoms with Crippen molar-refractivity contribution in [2.75, 3.05) is 0 Å². The monoisotopic (exact) mass is 246 g/mol. The van der Waals surface area contributed by atoms with Gasteiger partial charge in [0.15, 0.2) is 4.64 Å². The second kappa shape index (κ2) is 8.62. The third kappa shape index (κ3) is 5.09. The second-order valence-corrected chi connectivity index (χ2v) is 3.17. The molecule has 0 aromatic carbocycles. The summed E-state index contributed by atoms with van der Waals surface area (Å²) in [6.07, 6.45) is 1.66. The molecule has 1 atom stereocenters. The Morgan fingerprint density at radius 1 is 1.47 bits per heavy atom. The van der Waals surface area contributed by atoms with E-state index in [1.807, 2.05) is 27.7 Å². The molecule has 0 saturated carbocycles. The molecule has 0 amide bonds. The third-order valence-electron chi connectivity index (χ3n) is 1.51. The van der Waals surface area contributed by atoms with Gasteiger partial charge in [-0.15, -0.1) is 5.11 Å². The summed E-state index contributed by atoms with van der Waals surface area (Å²) >= 11 is 4.93. The number of hydrogen-bond donors (Lipinski definition) is 2. The summed E-state index contributed by atoms with van der Waals surface area (Å²) in [6, 6.07) is 0. The molecule has 1 heterocycles. The van der Waals surface area contributed by atoms with Crippen LogP contribution in [0.2, 0.25) is 0 Å². The number of aromatic amines is 1. The molecule has 1 aromatic heterocycles. The van der Waals surface area contributed by atoms with Crippen LogP contribution in [0, 0.1) is 10.2 Å². The summed E-state index contributed by atoms with van der Waals surface area (Å²) in [5.74, 6) is 0.633. The number of aromatic nitrogens is 2. The zero-order chi connectivity index (χ0) is 11.1. The van der Waals surface area contributed by atoms with Crippen molar-refractivity contribution in [1.29, 1.82) is 5.53 Å². The first-order valence-corrected chi connectivity index (χ1v) is 5.02. The summed E-state index contributed by atoms with van der Waals surface area (Å²) in [5, 5.41) is 3.17. The van der Waals surface area contributed by atoms with Crippen molar-refractivity contribution in [3.05, 3.63) is 16.5 Å². The molecule has 1 rings (SSSR count). The summed E-state index contributed by atoms with van der Waals surface area (Å²) < 4.78 is 0.427. The van der Waals surface area contributed by atoms with Gasteiger partial charge in [-0.05, 0) is 5.92 Å². The van der Waals surface area contributed by atoms with E-state index in [1.54, 1.807) is 6.20 Å². The van der Waals surface area contributed by atoms with Crippen molar-refractivity contribution >= 4 is 27.9 Å². The van der Waals surface area contributed by atoms with E-state index in [0.717, 1.165) is 5.69 Å². The molecule has 0 fully saturated rings. The van der Waals surface area contributed by atoms with E-state index in [9.17, 15) is 0 Å². The first-order valence-electron chi connectivity index (χ1n) is 4.62. The lowest BCUT2D eigenvalue weighted by molar-refractivity contribution is 0.807. The SMILES string of the molecule is CC.CC(C)c1cnc(N=N)c(=S)[nH]1.P. The quantitative estimate of drug-likeness (QED) is 0.470. The lowest BCUT2D eigenvalue weighted by Crippen LogP contribution is -1.93. The van der Waals surface area contributed by atoms with Gasteiger partial charge in [0.1, 0.15) is 0 Å². The number of hydrogen-bond acceptors (Lipinski definition) is 4. The third-order valence-corrected chi connectivity index (χ3v) is 1.80. The van der Waals surface area contributed by atoms with Crippen molar-refractivity contribution < 1.29 is 0 Å². The van der Waals surface area contributed by atoms with Gasteiger partial charge in [0.25, 0.3) is 0 Å². The van der Waals surface area contributed by atoms with Gasteiger partial charge in [-0.25, -0.2) is 10.5 Å². The highest BCUT2D eigenvalue weighted by Gasteiger charge is 2.01. The van der Waals surface area contributed by atoms with E-state index in [2.05, 4.69) is 15.1 Å². The molecule has 15 heavy (non-hydrogen) atoms. The molecular weight excluding hydrogens is 227 g/mol. The maximum absolute atomic E-state index is 6.74. The zero-order valence-corrected chi connectivity index (χ0v) is 11.9. The predicted molar refractivity (Wildman–Crippen MR) is 70.8 cm³/mol. The lowest BCUT2D eigenvalue weighted by Gasteiger charge is -2.03. The van der Waals surface area contributed by atoms with Gasteiger partial charge in [0.05, 0.1) is 0 Å². The van der Waals surface area contributed by atoms with E-state index >= 15 is 0 Å². The standard InChI is InChI=1S/C7H10N4S.C2H6.H3P/c1-4(2)5-3-9-6(11-8)7(12)10-5;1-2;/h3-4,8H,1-2H3,(H,10,12);1-2H3;1H3. The maximum atomic E-state index is 6.74. The summed E-state index contributed by atoms with van der Waals surface area (Å²) in [4.78, 5) is 6.89. The number of nitrogens with one attached hydrogen (secondary N) is 2. The minimum atomic E-state index is 0. The van der Waals surface area contributed by atoms with Crippen LogP contribution in [0.3, 0.4) is 0 Å². The van der Waals surface area contributed by atoms with Crippen LogP contribution in [0.4, 0.5) is 5.82 Å². The Morgan fingerprint density at radius 3 is 2.33 bits per heavy atom. The van der Waals surface area contributed by atoms with Crippen LogP contribution in [0.15, 0.2) is 11.3 Å². The fourth-order valence-electron chi connectivity index (χ4n) is 0.782. The van der Waals surface area contributed by atoms with E-state index in [-0.39, 0.29) is 15.7 Å². The minimum Gasteiger partial charge on any atom is -0.345 e. The highest BCUT2D eigenvalue weighted by molar-refractivity contribution is 7.71. The van der Waals surface area contributed by atoms with Crippen LogP contribution in [-0.4, -0.2) is 9.97 Å². The van der Waals surface area contributed by atoms with Gasteiger partial charge in [-0.1, -0.05) is 39.9 Å². The minimum absolute atomic E-state index is 0. The van der Waals surface area contributed by atoms with Crippen LogP contribution in [0.5, 0.6) is 0 Å². The Morgan fingerprint density at radius 2 is 2.00 bits per heavy atom.